The molecule has 3 aromatic rings. The number of aromatic nitrogens is 3. The Balaban J connectivity index is 1.79. The lowest BCUT2D eigenvalue weighted by molar-refractivity contribution is -0.143. The van der Waals surface area contributed by atoms with E-state index in [0.717, 1.165) is 41.2 Å². The lowest BCUT2D eigenvalue weighted by Crippen LogP contribution is -2.22. The van der Waals surface area contributed by atoms with E-state index in [2.05, 4.69) is 62.9 Å². The quantitative estimate of drug-likeness (QED) is 0.183. The van der Waals surface area contributed by atoms with Crippen LogP contribution in [0.25, 0.3) is 10.9 Å². The Morgan fingerprint density at radius 1 is 1.15 bits per heavy atom. The first-order chi connectivity index (χ1) is 16.2. The SMILES string of the molecule is CCOC(=O)CC(Cc1cc(C)c2nn(COCC[Si](C)(C)C)cc2c1)c1cc(CC)ccn1. The minimum absolute atomic E-state index is 0.0395. The van der Waals surface area contributed by atoms with E-state index in [4.69, 9.17) is 14.6 Å². The summed E-state index contributed by atoms with van der Waals surface area (Å²) in [5.74, 6) is -0.223. The summed E-state index contributed by atoms with van der Waals surface area (Å²) in [5, 5.41) is 5.83. The molecule has 34 heavy (non-hydrogen) atoms. The summed E-state index contributed by atoms with van der Waals surface area (Å²) in [7, 11) is -1.10. The molecule has 2 aromatic heterocycles. The molecule has 2 heterocycles. The summed E-state index contributed by atoms with van der Waals surface area (Å²) < 4.78 is 13.0. The normalized spacial score (nSPS) is 12.8. The fourth-order valence-electron chi connectivity index (χ4n) is 4.08. The van der Waals surface area contributed by atoms with Crippen molar-refractivity contribution in [1.82, 2.24) is 14.8 Å². The topological polar surface area (TPSA) is 66.2 Å². The van der Waals surface area contributed by atoms with E-state index in [9.17, 15) is 4.79 Å². The summed E-state index contributed by atoms with van der Waals surface area (Å²) in [6.45, 7) is 14.7. The second-order valence-corrected chi connectivity index (χ2v) is 15.8. The zero-order valence-electron chi connectivity index (χ0n) is 21.6. The van der Waals surface area contributed by atoms with Crippen LogP contribution in [0.1, 0.15) is 48.6 Å². The maximum absolute atomic E-state index is 12.4. The first kappa shape index (κ1) is 26.1. The molecule has 1 unspecified atom stereocenters. The van der Waals surface area contributed by atoms with E-state index < -0.39 is 8.07 Å². The molecule has 0 spiro atoms. The zero-order valence-corrected chi connectivity index (χ0v) is 22.6. The van der Waals surface area contributed by atoms with Crippen LogP contribution in [0, 0.1) is 6.92 Å². The maximum Gasteiger partial charge on any atom is 0.306 e. The Hall–Kier alpha value is -2.51. The number of esters is 1. The predicted octanol–water partition coefficient (Wildman–Crippen LogP) is 5.89. The lowest BCUT2D eigenvalue weighted by atomic mass is 9.90. The Morgan fingerprint density at radius 2 is 1.94 bits per heavy atom. The van der Waals surface area contributed by atoms with Crippen molar-refractivity contribution in [2.24, 2.45) is 0 Å². The third kappa shape index (κ3) is 7.50. The van der Waals surface area contributed by atoms with Crippen molar-refractivity contribution in [2.75, 3.05) is 13.2 Å². The van der Waals surface area contributed by atoms with E-state index in [1.54, 1.807) is 0 Å². The first-order valence-corrected chi connectivity index (χ1v) is 16.0. The fraction of sp³-hybridized carbons (Fsp3) is 0.519. The summed E-state index contributed by atoms with van der Waals surface area (Å²) in [5.41, 5.74) is 5.45. The third-order valence-electron chi connectivity index (χ3n) is 6.00. The zero-order chi connectivity index (χ0) is 24.7. The van der Waals surface area contributed by atoms with E-state index >= 15 is 0 Å². The summed E-state index contributed by atoms with van der Waals surface area (Å²) in [6.07, 6.45) is 5.86. The Bertz CT molecular complexity index is 1100. The first-order valence-electron chi connectivity index (χ1n) is 12.3. The monoisotopic (exact) mass is 481 g/mol. The van der Waals surface area contributed by atoms with Crippen LogP contribution in [0.2, 0.25) is 25.7 Å². The molecule has 0 fully saturated rings. The van der Waals surface area contributed by atoms with Crippen LogP contribution in [-0.4, -0.2) is 42.0 Å². The molecule has 184 valence electrons. The van der Waals surface area contributed by atoms with Crippen molar-refractivity contribution in [1.29, 1.82) is 0 Å². The van der Waals surface area contributed by atoms with Crippen molar-refractivity contribution in [3.63, 3.8) is 0 Å². The number of hydrogen-bond acceptors (Lipinski definition) is 5. The van der Waals surface area contributed by atoms with E-state index in [1.807, 2.05) is 23.9 Å². The average Bonchev–Trinajstić information content (AvgIpc) is 3.19. The molecule has 3 rings (SSSR count). The van der Waals surface area contributed by atoms with Gasteiger partial charge in [0.15, 0.2) is 0 Å². The lowest BCUT2D eigenvalue weighted by Gasteiger charge is -2.17. The molecule has 1 atom stereocenters. The van der Waals surface area contributed by atoms with Gasteiger partial charge in [0.25, 0.3) is 0 Å². The van der Waals surface area contributed by atoms with Gasteiger partial charge >= 0.3 is 5.97 Å². The van der Waals surface area contributed by atoms with Gasteiger partial charge in [-0.05, 0) is 67.6 Å². The van der Waals surface area contributed by atoms with Gasteiger partial charge in [0.2, 0.25) is 0 Å². The van der Waals surface area contributed by atoms with Gasteiger partial charge in [-0.15, -0.1) is 0 Å². The molecule has 6 nitrogen and oxygen atoms in total. The van der Waals surface area contributed by atoms with Crippen molar-refractivity contribution in [3.8, 4) is 0 Å². The third-order valence-corrected chi connectivity index (χ3v) is 7.70. The highest BCUT2D eigenvalue weighted by Gasteiger charge is 2.20. The predicted molar refractivity (Wildman–Crippen MR) is 140 cm³/mol. The van der Waals surface area contributed by atoms with Crippen LogP contribution in [-0.2, 0) is 33.8 Å². The van der Waals surface area contributed by atoms with Crippen LogP contribution in [0.4, 0.5) is 0 Å². The molecule has 0 saturated heterocycles. The molecule has 0 aliphatic heterocycles. The van der Waals surface area contributed by atoms with Crippen molar-refractivity contribution >= 4 is 24.9 Å². The number of fused-ring (bicyclic) bond motifs is 1. The van der Waals surface area contributed by atoms with Crippen molar-refractivity contribution in [2.45, 2.75) is 78.4 Å². The van der Waals surface area contributed by atoms with Gasteiger partial charge in [-0.1, -0.05) is 32.6 Å². The van der Waals surface area contributed by atoms with Gasteiger partial charge in [0.1, 0.15) is 6.73 Å². The number of carbonyl (C=O) groups is 1. The van der Waals surface area contributed by atoms with E-state index in [-0.39, 0.29) is 11.9 Å². The molecule has 0 radical (unpaired) electrons. The number of pyridine rings is 1. The minimum atomic E-state index is -1.10. The van der Waals surface area contributed by atoms with Gasteiger partial charge in [-0.2, -0.15) is 5.10 Å². The largest absolute Gasteiger partial charge is 0.466 e. The van der Waals surface area contributed by atoms with Crippen LogP contribution >= 0.6 is 0 Å². The number of benzene rings is 1. The number of hydrogen-bond donors (Lipinski definition) is 0. The van der Waals surface area contributed by atoms with Gasteiger partial charge in [0.05, 0.1) is 18.5 Å². The molecule has 0 amide bonds. The van der Waals surface area contributed by atoms with E-state index in [1.165, 1.54) is 11.1 Å². The standard InChI is InChI=1S/C27H39N3O3Si/c1-7-21-9-10-28-25(16-21)23(17-26(31)33-8-2)14-22-13-20(3)27-24(15-22)18-30(29-27)19-32-11-12-34(4,5)6/h9-10,13,15-16,18,23H,7-8,11-12,14,17,19H2,1-6H3. The van der Waals surface area contributed by atoms with Crippen molar-refractivity contribution in [3.05, 3.63) is 59.0 Å². The average molecular weight is 482 g/mol. The number of ether oxygens (including phenoxy) is 2. The molecular weight excluding hydrogens is 442 g/mol. The Kier molecular flexibility index (Phi) is 9.02. The number of carbonyl (C=O) groups excluding carboxylic acids is 1. The highest BCUT2D eigenvalue weighted by molar-refractivity contribution is 6.76. The highest BCUT2D eigenvalue weighted by Crippen LogP contribution is 2.28. The molecular formula is C27H39N3O3Si. The van der Waals surface area contributed by atoms with Crippen LogP contribution in [0.3, 0.4) is 0 Å². The number of rotatable bonds is 12. The summed E-state index contributed by atoms with van der Waals surface area (Å²) >= 11 is 0. The second kappa shape index (κ2) is 11.8. The van der Waals surface area contributed by atoms with Crippen LogP contribution < -0.4 is 0 Å². The van der Waals surface area contributed by atoms with Gasteiger partial charge in [-0.25, -0.2) is 4.68 Å². The number of nitrogens with zero attached hydrogens (tertiary/aromatic N) is 3. The molecule has 0 bridgehead atoms. The smallest absolute Gasteiger partial charge is 0.306 e. The van der Waals surface area contributed by atoms with Crippen molar-refractivity contribution < 1.29 is 14.3 Å². The minimum Gasteiger partial charge on any atom is -0.466 e. The van der Waals surface area contributed by atoms with Crippen LogP contribution in [0.5, 0.6) is 0 Å². The molecule has 1 aromatic carbocycles. The second-order valence-electron chi connectivity index (χ2n) is 10.2. The molecule has 7 heteroatoms. The van der Waals surface area contributed by atoms with Gasteiger partial charge in [0, 0.05) is 44.1 Å². The Morgan fingerprint density at radius 3 is 2.65 bits per heavy atom. The summed E-state index contributed by atoms with van der Waals surface area (Å²) in [4.78, 5) is 17.0. The molecule has 0 saturated carbocycles. The summed E-state index contributed by atoms with van der Waals surface area (Å²) in [6, 6.07) is 9.64. The Labute approximate surface area is 204 Å². The fourth-order valence-corrected chi connectivity index (χ4v) is 4.84. The number of aryl methyl sites for hydroxylation is 2. The highest BCUT2D eigenvalue weighted by atomic mass is 28.3. The van der Waals surface area contributed by atoms with Gasteiger partial charge < -0.3 is 9.47 Å². The molecule has 0 aliphatic carbocycles. The van der Waals surface area contributed by atoms with E-state index in [0.29, 0.717) is 26.2 Å². The molecule has 0 N–H and O–H groups in total. The van der Waals surface area contributed by atoms with Gasteiger partial charge in [-0.3, -0.25) is 9.78 Å². The molecule has 0 aliphatic rings. The van der Waals surface area contributed by atoms with Crippen LogP contribution in [0.15, 0.2) is 36.7 Å². The maximum atomic E-state index is 12.4.